The van der Waals surface area contributed by atoms with Crippen molar-refractivity contribution in [3.8, 4) is 11.5 Å². The van der Waals surface area contributed by atoms with Gasteiger partial charge in [-0.05, 0) is 30.7 Å². The number of halogens is 1. The lowest BCUT2D eigenvalue weighted by Crippen LogP contribution is -2.33. The van der Waals surface area contributed by atoms with Gasteiger partial charge in [-0.2, -0.15) is 5.10 Å². The smallest absolute Gasteiger partial charge is 0.280 e. The predicted molar refractivity (Wildman–Crippen MR) is 89.8 cm³/mol. The van der Waals surface area contributed by atoms with Gasteiger partial charge >= 0.3 is 0 Å². The van der Waals surface area contributed by atoms with Crippen molar-refractivity contribution >= 4 is 29.4 Å². The maximum absolute atomic E-state index is 11.9. The van der Waals surface area contributed by atoms with E-state index in [-0.39, 0.29) is 11.3 Å². The van der Waals surface area contributed by atoms with Gasteiger partial charge in [-0.15, -0.1) is 0 Å². The molecule has 9 heteroatoms. The molecule has 0 spiro atoms. The molecule has 0 fully saturated rings. The molecule has 1 atom stereocenters. The lowest BCUT2D eigenvalue weighted by Gasteiger charge is -2.13. The van der Waals surface area contributed by atoms with Gasteiger partial charge in [-0.1, -0.05) is 29.5 Å². The maximum Gasteiger partial charge on any atom is 0.280 e. The molecule has 2 rings (SSSR count). The van der Waals surface area contributed by atoms with Crippen LogP contribution in [-0.4, -0.2) is 23.1 Å². The van der Waals surface area contributed by atoms with Crippen LogP contribution in [0.3, 0.4) is 0 Å². The molecule has 2 aromatic rings. The largest absolute Gasteiger partial charge is 0.872 e. The highest BCUT2D eigenvalue weighted by Gasteiger charge is 2.14. The highest BCUT2D eigenvalue weighted by Crippen LogP contribution is 2.19. The highest BCUT2D eigenvalue weighted by atomic mass is 35.5. The van der Waals surface area contributed by atoms with E-state index < -0.39 is 22.7 Å². The number of rotatable bonds is 6. The minimum absolute atomic E-state index is 0.0158. The van der Waals surface area contributed by atoms with Crippen LogP contribution in [0, 0.1) is 10.1 Å². The number of nitrogens with one attached hydrogen (secondary N) is 1. The Morgan fingerprint density at radius 1 is 1.36 bits per heavy atom. The first-order valence-corrected chi connectivity index (χ1v) is 7.45. The molecule has 0 heterocycles. The van der Waals surface area contributed by atoms with Crippen molar-refractivity contribution in [1.82, 2.24) is 5.43 Å². The third-order valence-electron chi connectivity index (χ3n) is 3.06. The first-order valence-electron chi connectivity index (χ1n) is 7.07. The molecule has 0 radical (unpaired) electrons. The first kappa shape index (κ1) is 18.2. The number of carbonyl (C=O) groups is 1. The number of nitro benzene ring substituents is 1. The Kier molecular flexibility index (Phi) is 5.91. The Bertz CT molecular complexity index is 825. The lowest BCUT2D eigenvalue weighted by atomic mass is 10.2. The third-order valence-corrected chi connectivity index (χ3v) is 3.30. The van der Waals surface area contributed by atoms with Crippen LogP contribution >= 0.6 is 11.6 Å². The molecule has 0 saturated carbocycles. The van der Waals surface area contributed by atoms with E-state index in [1.165, 1.54) is 6.92 Å². The van der Waals surface area contributed by atoms with Crippen molar-refractivity contribution in [2.75, 3.05) is 0 Å². The Hall–Kier alpha value is -3.13. The zero-order chi connectivity index (χ0) is 18.4. The minimum Gasteiger partial charge on any atom is -0.872 e. The van der Waals surface area contributed by atoms with Crippen LogP contribution in [0.5, 0.6) is 11.5 Å². The number of hydrogen-bond acceptors (Lipinski definition) is 6. The second-order valence-electron chi connectivity index (χ2n) is 4.93. The second-order valence-corrected chi connectivity index (χ2v) is 5.37. The van der Waals surface area contributed by atoms with Crippen molar-refractivity contribution in [2.45, 2.75) is 13.0 Å². The number of amides is 1. The predicted octanol–water partition coefficient (Wildman–Crippen LogP) is 2.24. The molecule has 130 valence electrons. The molecule has 1 amide bonds. The molecule has 1 N–H and O–H groups in total. The Morgan fingerprint density at radius 3 is 2.80 bits per heavy atom. The van der Waals surface area contributed by atoms with E-state index in [1.807, 2.05) is 0 Å². The summed E-state index contributed by atoms with van der Waals surface area (Å²) in [4.78, 5) is 22.0. The molecule has 0 bridgehead atoms. The van der Waals surface area contributed by atoms with Gasteiger partial charge in [0.2, 0.25) is 0 Å². The SMILES string of the molecule is C[C@H](Oc1cccc(Cl)c1)C(=O)N/N=C\c1cc([N+](=O)[O-])ccc1[O-]. The molecular weight excluding hydrogens is 350 g/mol. The van der Waals surface area contributed by atoms with Crippen LogP contribution in [0.1, 0.15) is 12.5 Å². The number of nitro groups is 1. The van der Waals surface area contributed by atoms with Gasteiger partial charge in [0.1, 0.15) is 5.75 Å². The molecule has 0 saturated heterocycles. The molecule has 0 unspecified atom stereocenters. The fourth-order valence-electron chi connectivity index (χ4n) is 1.80. The maximum atomic E-state index is 11.9. The number of non-ortho nitro benzene ring substituents is 1. The quantitative estimate of drug-likeness (QED) is 0.480. The molecule has 2 aromatic carbocycles. The molecule has 0 aliphatic rings. The normalized spacial score (nSPS) is 11.9. The number of hydrogen-bond donors (Lipinski definition) is 1. The van der Waals surface area contributed by atoms with Gasteiger partial charge in [0, 0.05) is 17.2 Å². The standard InChI is InChI=1S/C16H14ClN3O5/c1-10(25-14-4-2-3-12(17)8-14)16(22)19-18-9-11-7-13(20(23)24)5-6-15(11)21/h2-10,21H,1H3,(H,19,22)/p-1/b18-9-/t10-/m0/s1. The van der Waals surface area contributed by atoms with Crippen molar-refractivity contribution < 1.29 is 19.6 Å². The number of benzene rings is 2. The summed E-state index contributed by atoms with van der Waals surface area (Å²) in [6, 6.07) is 9.78. The highest BCUT2D eigenvalue weighted by molar-refractivity contribution is 6.30. The molecule has 0 aromatic heterocycles. The van der Waals surface area contributed by atoms with Gasteiger partial charge in [-0.3, -0.25) is 14.9 Å². The van der Waals surface area contributed by atoms with Crippen LogP contribution in [0.4, 0.5) is 5.69 Å². The number of ether oxygens (including phenoxy) is 1. The van der Waals surface area contributed by atoms with E-state index in [2.05, 4.69) is 10.5 Å². The van der Waals surface area contributed by atoms with Crippen LogP contribution < -0.4 is 15.3 Å². The summed E-state index contributed by atoms with van der Waals surface area (Å²) in [5.41, 5.74) is 1.94. The fraction of sp³-hybridized carbons (Fsp3) is 0.125. The summed E-state index contributed by atoms with van der Waals surface area (Å²) < 4.78 is 5.41. The summed E-state index contributed by atoms with van der Waals surface area (Å²) in [5.74, 6) is -0.597. The minimum atomic E-state index is -0.868. The third kappa shape index (κ3) is 5.18. The number of carbonyl (C=O) groups excluding carboxylic acids is 1. The van der Waals surface area contributed by atoms with Gasteiger partial charge in [0.25, 0.3) is 11.6 Å². The summed E-state index contributed by atoms with van der Waals surface area (Å²) in [7, 11) is 0. The topological polar surface area (TPSA) is 117 Å². The zero-order valence-corrected chi connectivity index (χ0v) is 13.8. The van der Waals surface area contributed by atoms with E-state index in [4.69, 9.17) is 16.3 Å². The van der Waals surface area contributed by atoms with E-state index in [1.54, 1.807) is 24.3 Å². The molecule has 0 aliphatic heterocycles. The van der Waals surface area contributed by atoms with E-state index in [9.17, 15) is 20.0 Å². The molecule has 0 aliphatic carbocycles. The van der Waals surface area contributed by atoms with Crippen molar-refractivity contribution in [2.24, 2.45) is 5.10 Å². The average molecular weight is 363 g/mol. The Labute approximate surface area is 147 Å². The van der Waals surface area contributed by atoms with Gasteiger partial charge in [0.15, 0.2) is 6.10 Å². The monoisotopic (exact) mass is 362 g/mol. The van der Waals surface area contributed by atoms with Crippen LogP contribution in [0.25, 0.3) is 0 Å². The van der Waals surface area contributed by atoms with Gasteiger partial charge in [-0.25, -0.2) is 5.43 Å². The first-order chi connectivity index (χ1) is 11.9. The van der Waals surface area contributed by atoms with Crippen molar-refractivity contribution in [3.05, 3.63) is 63.2 Å². The summed E-state index contributed by atoms with van der Waals surface area (Å²) >= 11 is 5.83. The van der Waals surface area contributed by atoms with Gasteiger partial charge < -0.3 is 9.84 Å². The van der Waals surface area contributed by atoms with E-state index >= 15 is 0 Å². The lowest BCUT2D eigenvalue weighted by molar-refractivity contribution is -0.385. The second kappa shape index (κ2) is 8.11. The van der Waals surface area contributed by atoms with Crippen LogP contribution in [-0.2, 0) is 4.79 Å². The summed E-state index contributed by atoms with van der Waals surface area (Å²) in [6.07, 6.45) is 0.173. The van der Waals surface area contributed by atoms with Gasteiger partial charge in [0.05, 0.1) is 11.1 Å². The Morgan fingerprint density at radius 2 is 2.12 bits per heavy atom. The van der Waals surface area contributed by atoms with Crippen LogP contribution in [0.2, 0.25) is 5.02 Å². The molecule has 8 nitrogen and oxygen atoms in total. The average Bonchev–Trinajstić information content (AvgIpc) is 2.56. The van der Waals surface area contributed by atoms with E-state index in [0.29, 0.717) is 10.8 Å². The summed E-state index contributed by atoms with van der Waals surface area (Å²) in [6.45, 7) is 1.51. The Balaban J connectivity index is 1.98. The summed E-state index contributed by atoms with van der Waals surface area (Å²) in [5, 5.41) is 26.4. The zero-order valence-electron chi connectivity index (χ0n) is 13.0. The fourth-order valence-corrected chi connectivity index (χ4v) is 1.98. The van der Waals surface area contributed by atoms with Crippen LogP contribution in [0.15, 0.2) is 47.6 Å². The van der Waals surface area contributed by atoms with Crippen molar-refractivity contribution in [1.29, 1.82) is 0 Å². The number of hydrazone groups is 1. The van der Waals surface area contributed by atoms with Crippen molar-refractivity contribution in [3.63, 3.8) is 0 Å². The number of nitrogens with zero attached hydrogens (tertiary/aromatic N) is 2. The molecule has 25 heavy (non-hydrogen) atoms. The molecular formula is C16H13ClN3O5-. The van der Waals surface area contributed by atoms with E-state index in [0.717, 1.165) is 24.4 Å².